The molecular weight excluding hydrogens is 142 g/mol. The molecule has 0 fully saturated rings. The van der Waals surface area contributed by atoms with Gasteiger partial charge in [0, 0.05) is 19.5 Å². The van der Waals surface area contributed by atoms with E-state index in [9.17, 15) is 4.79 Å². The van der Waals surface area contributed by atoms with Gasteiger partial charge in [0.05, 0.1) is 0 Å². The van der Waals surface area contributed by atoms with Crippen molar-refractivity contribution in [1.82, 2.24) is 0 Å². The van der Waals surface area contributed by atoms with E-state index in [2.05, 4.69) is 0 Å². The summed E-state index contributed by atoms with van der Waals surface area (Å²) in [6.45, 7) is 3.40. The van der Waals surface area contributed by atoms with Crippen LogP contribution in [-0.4, -0.2) is 25.4 Å². The highest BCUT2D eigenvalue weighted by Gasteiger charge is 1.87. The van der Waals surface area contributed by atoms with Gasteiger partial charge in [0.25, 0.3) is 0 Å². The van der Waals surface area contributed by atoms with Crippen LogP contribution in [0, 0.1) is 0 Å². The summed E-state index contributed by atoms with van der Waals surface area (Å²) >= 11 is 0. The molecule has 0 radical (unpaired) electrons. The minimum atomic E-state index is 0.227. The Balaban J connectivity index is 0. The van der Waals surface area contributed by atoms with E-state index in [4.69, 9.17) is 17.2 Å². The first-order valence-corrected chi connectivity index (χ1v) is 3.78. The number of carbonyl (C=O) groups is 1. The summed E-state index contributed by atoms with van der Waals surface area (Å²) in [5, 5.41) is 0. The summed E-state index contributed by atoms with van der Waals surface area (Å²) in [5.41, 5.74) is 14.9. The molecule has 68 valence electrons. The Labute approximate surface area is 68.1 Å². The van der Waals surface area contributed by atoms with Crippen molar-refractivity contribution in [2.75, 3.05) is 19.6 Å². The van der Waals surface area contributed by atoms with Crippen molar-refractivity contribution in [3.8, 4) is 0 Å². The van der Waals surface area contributed by atoms with Gasteiger partial charge in [0.15, 0.2) is 0 Å². The SMILES string of the molecule is CC(=O)CCCN.NCCN. The lowest BCUT2D eigenvalue weighted by atomic mass is 10.2. The Morgan fingerprint density at radius 2 is 1.55 bits per heavy atom. The molecule has 0 heterocycles. The first-order chi connectivity index (χ1) is 5.18. The van der Waals surface area contributed by atoms with E-state index in [1.807, 2.05) is 0 Å². The van der Waals surface area contributed by atoms with Crippen LogP contribution < -0.4 is 17.2 Å². The second kappa shape index (κ2) is 12.2. The number of hydrogen-bond donors (Lipinski definition) is 3. The molecule has 11 heavy (non-hydrogen) atoms. The van der Waals surface area contributed by atoms with Gasteiger partial charge in [-0.1, -0.05) is 0 Å². The third-order valence-electron chi connectivity index (χ3n) is 0.900. The lowest BCUT2D eigenvalue weighted by Gasteiger charge is -1.87. The zero-order valence-electron chi connectivity index (χ0n) is 7.18. The summed E-state index contributed by atoms with van der Waals surface area (Å²) in [5.74, 6) is 0.227. The molecule has 0 aliphatic carbocycles. The predicted molar refractivity (Wildman–Crippen MR) is 47.1 cm³/mol. The van der Waals surface area contributed by atoms with Gasteiger partial charge in [0.2, 0.25) is 0 Å². The molecule has 0 saturated carbocycles. The maximum atomic E-state index is 10.1. The molecule has 4 nitrogen and oxygen atoms in total. The smallest absolute Gasteiger partial charge is 0.129 e. The Morgan fingerprint density at radius 3 is 1.64 bits per heavy atom. The van der Waals surface area contributed by atoms with Gasteiger partial charge < -0.3 is 22.0 Å². The molecule has 0 bridgehead atoms. The molecule has 0 spiro atoms. The van der Waals surface area contributed by atoms with E-state index >= 15 is 0 Å². The van der Waals surface area contributed by atoms with Crippen molar-refractivity contribution in [2.45, 2.75) is 19.8 Å². The van der Waals surface area contributed by atoms with Gasteiger partial charge in [-0.2, -0.15) is 0 Å². The maximum Gasteiger partial charge on any atom is 0.129 e. The van der Waals surface area contributed by atoms with Gasteiger partial charge in [-0.3, -0.25) is 0 Å². The van der Waals surface area contributed by atoms with Crippen LogP contribution in [0.2, 0.25) is 0 Å². The number of Topliss-reactive ketones (excluding diaryl/α,β-unsaturated/α-hetero) is 1. The van der Waals surface area contributed by atoms with E-state index in [0.29, 0.717) is 26.1 Å². The number of ketones is 1. The standard InChI is InChI=1S/C5H11NO.C2H8N2/c1-5(7)3-2-4-6;3-1-2-4/h2-4,6H2,1H3;1-4H2. The number of hydrogen-bond acceptors (Lipinski definition) is 4. The lowest BCUT2D eigenvalue weighted by molar-refractivity contribution is -0.117. The van der Waals surface area contributed by atoms with E-state index in [0.717, 1.165) is 6.42 Å². The van der Waals surface area contributed by atoms with Gasteiger partial charge in [-0.15, -0.1) is 0 Å². The van der Waals surface area contributed by atoms with Crippen LogP contribution in [0.1, 0.15) is 19.8 Å². The quantitative estimate of drug-likeness (QED) is 0.504. The molecule has 0 unspecified atom stereocenters. The average molecular weight is 161 g/mol. The van der Waals surface area contributed by atoms with Gasteiger partial charge in [-0.25, -0.2) is 0 Å². The summed E-state index contributed by atoms with van der Waals surface area (Å²) in [6, 6.07) is 0. The number of nitrogens with two attached hydrogens (primary N) is 3. The fourth-order valence-corrected chi connectivity index (χ4v) is 0.351. The minimum absolute atomic E-state index is 0.227. The summed E-state index contributed by atoms with van der Waals surface area (Å²) < 4.78 is 0. The van der Waals surface area contributed by atoms with Crippen molar-refractivity contribution >= 4 is 5.78 Å². The van der Waals surface area contributed by atoms with Crippen LogP contribution in [0.3, 0.4) is 0 Å². The van der Waals surface area contributed by atoms with Crippen LogP contribution in [0.5, 0.6) is 0 Å². The molecule has 0 aliphatic heterocycles. The van der Waals surface area contributed by atoms with Gasteiger partial charge in [0.1, 0.15) is 5.78 Å². The fourth-order valence-electron chi connectivity index (χ4n) is 0.351. The highest BCUT2D eigenvalue weighted by atomic mass is 16.1. The van der Waals surface area contributed by atoms with Crippen LogP contribution in [0.25, 0.3) is 0 Å². The first-order valence-electron chi connectivity index (χ1n) is 3.78. The van der Waals surface area contributed by atoms with Gasteiger partial charge in [-0.05, 0) is 19.9 Å². The Hall–Kier alpha value is -0.450. The van der Waals surface area contributed by atoms with E-state index in [1.54, 1.807) is 6.92 Å². The van der Waals surface area contributed by atoms with E-state index < -0.39 is 0 Å². The van der Waals surface area contributed by atoms with Crippen molar-refractivity contribution < 1.29 is 4.79 Å². The molecule has 0 saturated heterocycles. The minimum Gasteiger partial charge on any atom is -0.330 e. The first kappa shape index (κ1) is 13.2. The normalized spacial score (nSPS) is 8.36. The van der Waals surface area contributed by atoms with Crippen LogP contribution in [0.15, 0.2) is 0 Å². The van der Waals surface area contributed by atoms with Crippen LogP contribution in [0.4, 0.5) is 0 Å². The zero-order valence-corrected chi connectivity index (χ0v) is 7.18. The van der Waals surface area contributed by atoms with E-state index in [-0.39, 0.29) is 5.78 Å². The summed E-state index contributed by atoms with van der Waals surface area (Å²) in [6.07, 6.45) is 1.46. The second-order valence-corrected chi connectivity index (χ2v) is 2.17. The fraction of sp³-hybridized carbons (Fsp3) is 0.857. The molecule has 4 heteroatoms. The highest BCUT2D eigenvalue weighted by Crippen LogP contribution is 1.84. The molecule has 0 rings (SSSR count). The van der Waals surface area contributed by atoms with Crippen molar-refractivity contribution in [3.05, 3.63) is 0 Å². The highest BCUT2D eigenvalue weighted by molar-refractivity contribution is 5.75. The summed E-state index contributed by atoms with van der Waals surface area (Å²) in [7, 11) is 0. The van der Waals surface area contributed by atoms with Crippen molar-refractivity contribution in [3.63, 3.8) is 0 Å². The third kappa shape index (κ3) is 26.3. The number of carbonyl (C=O) groups excluding carboxylic acids is 1. The predicted octanol–water partition coefficient (Wildman–Crippen LogP) is -0.782. The Kier molecular flexibility index (Phi) is 14.7. The Morgan fingerprint density at radius 1 is 1.09 bits per heavy atom. The van der Waals surface area contributed by atoms with E-state index in [1.165, 1.54) is 0 Å². The lowest BCUT2D eigenvalue weighted by Crippen LogP contribution is -2.11. The third-order valence-corrected chi connectivity index (χ3v) is 0.900. The van der Waals surface area contributed by atoms with Gasteiger partial charge >= 0.3 is 0 Å². The maximum absolute atomic E-state index is 10.1. The van der Waals surface area contributed by atoms with Crippen molar-refractivity contribution in [1.29, 1.82) is 0 Å². The molecule has 0 aromatic carbocycles. The average Bonchev–Trinajstić information content (AvgIpc) is 2.01. The molecule has 0 aromatic rings. The largest absolute Gasteiger partial charge is 0.330 e. The monoisotopic (exact) mass is 161 g/mol. The molecular formula is C7H19N3O. The molecule has 0 aromatic heterocycles. The Bertz CT molecular complexity index is 83.8. The topological polar surface area (TPSA) is 95.1 Å². The van der Waals surface area contributed by atoms with Crippen LogP contribution in [-0.2, 0) is 4.79 Å². The zero-order chi connectivity index (χ0) is 9.11. The molecule has 0 amide bonds. The molecule has 0 atom stereocenters. The number of rotatable bonds is 4. The van der Waals surface area contributed by atoms with Crippen molar-refractivity contribution in [2.24, 2.45) is 17.2 Å². The second-order valence-electron chi connectivity index (χ2n) is 2.17. The summed E-state index contributed by atoms with van der Waals surface area (Å²) in [4.78, 5) is 10.1. The van der Waals surface area contributed by atoms with Crippen LogP contribution >= 0.6 is 0 Å². The molecule has 6 N–H and O–H groups in total. The molecule has 0 aliphatic rings.